The molecule has 0 saturated heterocycles. The van der Waals surface area contributed by atoms with E-state index in [2.05, 4.69) is 140 Å². The Morgan fingerprint density at radius 2 is 0.623 bits per heavy atom. The molecular weight excluding hydrogens is 863 g/mol. The second-order valence-corrected chi connectivity index (χ2v) is 19.2. The van der Waals surface area contributed by atoms with Gasteiger partial charge in [-0.05, 0) is 126 Å². The SMILES string of the molecule is c1ccc2c(c1)oc1ccc(-c3nc(-c4ccc5oc6ccccc6c5c4)nc(-c4ccc5c(c4)c4ccccc4c4c5ccc5c6cc7c8ccccc8c8ccccc8c7cc6sc54)n3)cc12. The molecule has 16 aromatic rings. The summed E-state index contributed by atoms with van der Waals surface area (Å²) in [5.41, 5.74) is 6.02. The standard InChI is InChI=1S/C63H33N3O2S/c1-3-13-39-37(11-1)38-12-2-4-14-40(38)50-33-58-53(32-49(39)50)47-26-25-46-42-24-21-34(29-48(42)41-15-5-6-18-45(41)59(46)60(47)69-58)61-64-62(35-22-27-56-51(30-35)43-16-7-9-19-54(43)67-56)66-63(65-61)36-23-28-57-52(31-36)44-17-8-10-20-55(44)68-57/h1-33H. The summed E-state index contributed by atoms with van der Waals surface area (Å²) in [6, 6.07) is 71.5. The van der Waals surface area contributed by atoms with Crippen molar-refractivity contribution < 1.29 is 8.83 Å². The molecule has 4 heterocycles. The Morgan fingerprint density at radius 3 is 1.19 bits per heavy atom. The predicted octanol–water partition coefficient (Wildman–Crippen LogP) is 18.0. The lowest BCUT2D eigenvalue weighted by molar-refractivity contribution is 0.668. The molecule has 0 aliphatic rings. The van der Waals surface area contributed by atoms with E-state index in [0.29, 0.717) is 17.5 Å². The first-order valence-corrected chi connectivity index (χ1v) is 24.0. The van der Waals surface area contributed by atoms with E-state index in [1.54, 1.807) is 0 Å². The number of rotatable bonds is 3. The Labute approximate surface area is 396 Å². The lowest BCUT2D eigenvalue weighted by Crippen LogP contribution is -2.00. The van der Waals surface area contributed by atoms with Crippen LogP contribution in [0.25, 0.3) is 163 Å². The third-order valence-electron chi connectivity index (χ3n) is 14.5. The highest BCUT2D eigenvalue weighted by atomic mass is 32.1. The molecule has 5 nitrogen and oxygen atoms in total. The summed E-state index contributed by atoms with van der Waals surface area (Å²) < 4.78 is 15.1. The summed E-state index contributed by atoms with van der Waals surface area (Å²) >= 11 is 1.91. The van der Waals surface area contributed by atoms with Crippen LogP contribution in [0.5, 0.6) is 0 Å². The Morgan fingerprint density at radius 1 is 0.261 bits per heavy atom. The third-order valence-corrected chi connectivity index (χ3v) is 15.6. The molecule has 0 aliphatic heterocycles. The van der Waals surface area contributed by atoms with E-state index < -0.39 is 0 Å². The zero-order valence-electron chi connectivity index (χ0n) is 36.6. The van der Waals surface area contributed by atoms with Gasteiger partial charge >= 0.3 is 0 Å². The molecule has 318 valence electrons. The van der Waals surface area contributed by atoms with Crippen LogP contribution >= 0.6 is 11.3 Å². The Kier molecular flexibility index (Phi) is 7.43. The number of nitrogens with zero attached hydrogens (tertiary/aromatic N) is 3. The number of benzene rings is 12. The molecule has 12 aromatic carbocycles. The van der Waals surface area contributed by atoms with Crippen LogP contribution in [0, 0.1) is 0 Å². The maximum Gasteiger partial charge on any atom is 0.164 e. The second kappa shape index (κ2) is 13.8. The van der Waals surface area contributed by atoms with E-state index >= 15 is 0 Å². The summed E-state index contributed by atoms with van der Waals surface area (Å²) in [5.74, 6) is 1.77. The van der Waals surface area contributed by atoms with Gasteiger partial charge in [0, 0.05) is 63.8 Å². The minimum Gasteiger partial charge on any atom is -0.456 e. The molecule has 0 spiro atoms. The van der Waals surface area contributed by atoms with Crippen molar-refractivity contribution >= 4 is 140 Å². The smallest absolute Gasteiger partial charge is 0.164 e. The van der Waals surface area contributed by atoms with Crippen LogP contribution in [-0.4, -0.2) is 15.0 Å². The Balaban J connectivity index is 0.919. The van der Waals surface area contributed by atoms with E-state index in [0.717, 1.165) is 66.0 Å². The van der Waals surface area contributed by atoms with Gasteiger partial charge in [0.05, 0.1) is 0 Å². The molecule has 0 fully saturated rings. The number of hydrogen-bond donors (Lipinski definition) is 0. The monoisotopic (exact) mass is 895 g/mol. The van der Waals surface area contributed by atoms with Gasteiger partial charge in [-0.3, -0.25) is 0 Å². The number of thiophene rings is 1. The van der Waals surface area contributed by atoms with Gasteiger partial charge in [0.2, 0.25) is 0 Å². The lowest BCUT2D eigenvalue weighted by Gasteiger charge is -2.13. The van der Waals surface area contributed by atoms with Gasteiger partial charge < -0.3 is 8.83 Å². The average Bonchev–Trinajstić information content (AvgIpc) is 4.11. The fourth-order valence-corrected chi connectivity index (χ4v) is 12.6. The highest BCUT2D eigenvalue weighted by Crippen LogP contribution is 2.47. The molecule has 4 aromatic heterocycles. The molecular formula is C63H33N3O2S. The number of para-hydroxylation sites is 2. The first-order valence-electron chi connectivity index (χ1n) is 23.2. The van der Waals surface area contributed by atoms with Crippen molar-refractivity contribution in [1.82, 2.24) is 15.0 Å². The van der Waals surface area contributed by atoms with Gasteiger partial charge in [-0.2, -0.15) is 0 Å². The van der Waals surface area contributed by atoms with Crippen molar-refractivity contribution in [3.63, 3.8) is 0 Å². The molecule has 0 saturated carbocycles. The fourth-order valence-electron chi connectivity index (χ4n) is 11.3. The second-order valence-electron chi connectivity index (χ2n) is 18.2. The minimum absolute atomic E-state index is 0.587. The maximum atomic E-state index is 6.23. The Bertz CT molecular complexity index is 4770. The van der Waals surface area contributed by atoms with Crippen LogP contribution < -0.4 is 0 Å². The van der Waals surface area contributed by atoms with Crippen molar-refractivity contribution in [3.8, 4) is 34.2 Å². The van der Waals surface area contributed by atoms with E-state index in [-0.39, 0.29) is 0 Å². The lowest BCUT2D eigenvalue weighted by atomic mass is 9.91. The topological polar surface area (TPSA) is 65.0 Å². The van der Waals surface area contributed by atoms with Gasteiger partial charge in [0.1, 0.15) is 22.3 Å². The highest BCUT2D eigenvalue weighted by Gasteiger charge is 2.20. The van der Waals surface area contributed by atoms with E-state index in [9.17, 15) is 0 Å². The van der Waals surface area contributed by atoms with Gasteiger partial charge in [-0.1, -0.05) is 133 Å². The molecule has 69 heavy (non-hydrogen) atoms. The third kappa shape index (κ3) is 5.32. The van der Waals surface area contributed by atoms with Crippen LogP contribution in [0.3, 0.4) is 0 Å². The van der Waals surface area contributed by atoms with Gasteiger partial charge in [0.15, 0.2) is 17.5 Å². The van der Waals surface area contributed by atoms with E-state index in [1.165, 1.54) is 79.4 Å². The van der Waals surface area contributed by atoms with Crippen LogP contribution in [0.1, 0.15) is 0 Å². The fraction of sp³-hybridized carbons (Fsp3) is 0. The summed E-state index contributed by atoms with van der Waals surface area (Å²) in [7, 11) is 0. The molecule has 16 rings (SSSR count). The number of aromatic nitrogens is 3. The van der Waals surface area contributed by atoms with Crippen LogP contribution in [0.2, 0.25) is 0 Å². The molecule has 0 amide bonds. The molecule has 6 heteroatoms. The van der Waals surface area contributed by atoms with Crippen molar-refractivity contribution in [1.29, 1.82) is 0 Å². The largest absolute Gasteiger partial charge is 0.456 e. The van der Waals surface area contributed by atoms with Gasteiger partial charge in [-0.15, -0.1) is 11.3 Å². The molecule has 0 aliphatic carbocycles. The first-order chi connectivity index (χ1) is 34.2. The molecule has 0 atom stereocenters. The van der Waals surface area contributed by atoms with Gasteiger partial charge in [-0.25, -0.2) is 15.0 Å². The number of furan rings is 2. The summed E-state index contributed by atoms with van der Waals surface area (Å²) in [5, 5.41) is 21.8. The van der Waals surface area contributed by atoms with E-state index in [1.807, 2.05) is 72.0 Å². The summed E-state index contributed by atoms with van der Waals surface area (Å²) in [6.45, 7) is 0. The molecule has 0 bridgehead atoms. The summed E-state index contributed by atoms with van der Waals surface area (Å²) in [6.07, 6.45) is 0. The van der Waals surface area contributed by atoms with Crippen molar-refractivity contribution in [2.24, 2.45) is 0 Å². The zero-order chi connectivity index (χ0) is 44.9. The normalized spacial score (nSPS) is 12.3. The number of hydrogen-bond acceptors (Lipinski definition) is 6. The van der Waals surface area contributed by atoms with E-state index in [4.69, 9.17) is 23.8 Å². The Hall–Kier alpha value is -8.97. The molecule has 0 N–H and O–H groups in total. The number of fused-ring (bicyclic) bond motifs is 22. The van der Waals surface area contributed by atoms with Crippen LogP contribution in [0.4, 0.5) is 0 Å². The first kappa shape index (κ1) is 37.2. The van der Waals surface area contributed by atoms with Crippen LogP contribution in [-0.2, 0) is 0 Å². The van der Waals surface area contributed by atoms with Crippen molar-refractivity contribution in [3.05, 3.63) is 200 Å². The predicted molar refractivity (Wildman–Crippen MR) is 289 cm³/mol. The average molecular weight is 896 g/mol. The van der Waals surface area contributed by atoms with Crippen LogP contribution in [0.15, 0.2) is 209 Å². The summed E-state index contributed by atoms with van der Waals surface area (Å²) in [4.78, 5) is 15.8. The van der Waals surface area contributed by atoms with Gasteiger partial charge in [0.25, 0.3) is 0 Å². The molecule has 0 radical (unpaired) electrons. The minimum atomic E-state index is 0.587. The van der Waals surface area contributed by atoms with Crippen molar-refractivity contribution in [2.45, 2.75) is 0 Å². The molecule has 0 unspecified atom stereocenters. The van der Waals surface area contributed by atoms with Crippen molar-refractivity contribution in [2.75, 3.05) is 0 Å². The quantitative estimate of drug-likeness (QED) is 0.165. The highest BCUT2D eigenvalue weighted by molar-refractivity contribution is 7.27. The maximum absolute atomic E-state index is 6.23. The zero-order valence-corrected chi connectivity index (χ0v) is 37.4.